The number of allylic oxidation sites excluding steroid dienone is 1. The third kappa shape index (κ3) is 3.12. The van der Waals surface area contributed by atoms with Gasteiger partial charge in [-0.2, -0.15) is 0 Å². The summed E-state index contributed by atoms with van der Waals surface area (Å²) in [6.45, 7) is 10.7. The van der Waals surface area contributed by atoms with Crippen LogP contribution in [-0.2, 0) is 4.74 Å². The van der Waals surface area contributed by atoms with Crippen LogP contribution in [0, 0.1) is 19.3 Å². The zero-order valence-corrected chi connectivity index (χ0v) is 13.3. The first-order valence-electron chi connectivity index (χ1n) is 7.49. The number of unbranched alkanes of at least 4 members (excludes halogenated alkanes) is 1. The number of para-hydroxylation sites is 1. The SMILES string of the molecule is CCCCC1=CC(C)(C)C(=Nc2c(C)cccc2C)O1. The Morgan fingerprint density at radius 3 is 2.40 bits per heavy atom. The molecular formula is C18H25NO. The summed E-state index contributed by atoms with van der Waals surface area (Å²) in [5, 5.41) is 0. The molecule has 0 radical (unpaired) electrons. The number of nitrogens with zero attached hydrogens (tertiary/aromatic N) is 1. The van der Waals surface area contributed by atoms with E-state index in [-0.39, 0.29) is 5.41 Å². The van der Waals surface area contributed by atoms with Gasteiger partial charge >= 0.3 is 0 Å². The van der Waals surface area contributed by atoms with Gasteiger partial charge in [0, 0.05) is 6.42 Å². The number of benzene rings is 1. The lowest BCUT2D eigenvalue weighted by Gasteiger charge is -2.15. The van der Waals surface area contributed by atoms with Gasteiger partial charge in [0.05, 0.1) is 11.1 Å². The first-order valence-corrected chi connectivity index (χ1v) is 7.49. The average Bonchev–Trinajstić information content (AvgIpc) is 2.66. The lowest BCUT2D eigenvalue weighted by Crippen LogP contribution is -2.18. The third-order valence-electron chi connectivity index (χ3n) is 3.73. The van der Waals surface area contributed by atoms with Gasteiger partial charge < -0.3 is 4.74 Å². The number of hydrogen-bond acceptors (Lipinski definition) is 2. The summed E-state index contributed by atoms with van der Waals surface area (Å²) < 4.78 is 6.00. The van der Waals surface area contributed by atoms with E-state index < -0.39 is 0 Å². The van der Waals surface area contributed by atoms with Gasteiger partial charge in [-0.25, -0.2) is 4.99 Å². The third-order valence-corrected chi connectivity index (χ3v) is 3.73. The fourth-order valence-electron chi connectivity index (χ4n) is 2.47. The summed E-state index contributed by atoms with van der Waals surface area (Å²) in [6, 6.07) is 6.26. The Balaban J connectivity index is 2.28. The molecule has 2 rings (SSSR count). The predicted molar refractivity (Wildman–Crippen MR) is 85.5 cm³/mol. The molecule has 2 nitrogen and oxygen atoms in total. The normalized spacial score (nSPS) is 19.1. The Bertz CT molecular complexity index is 532. The maximum Gasteiger partial charge on any atom is 0.204 e. The van der Waals surface area contributed by atoms with E-state index in [0.717, 1.165) is 23.8 Å². The van der Waals surface area contributed by atoms with Crippen molar-refractivity contribution >= 4 is 11.6 Å². The highest BCUT2D eigenvalue weighted by Crippen LogP contribution is 2.35. The van der Waals surface area contributed by atoms with Crippen LogP contribution in [0.4, 0.5) is 5.69 Å². The molecule has 0 amide bonds. The molecule has 0 atom stereocenters. The Hall–Kier alpha value is -1.57. The first kappa shape index (κ1) is 14.8. The lowest BCUT2D eigenvalue weighted by atomic mass is 9.93. The predicted octanol–water partition coefficient (Wildman–Crippen LogP) is 5.46. The van der Waals surface area contributed by atoms with Crippen LogP contribution in [0.3, 0.4) is 0 Å². The summed E-state index contributed by atoms with van der Waals surface area (Å²) in [7, 11) is 0. The quantitative estimate of drug-likeness (QED) is 0.712. The molecule has 108 valence electrons. The highest BCUT2D eigenvalue weighted by molar-refractivity contribution is 5.90. The number of rotatable bonds is 4. The molecule has 1 aromatic carbocycles. The number of aliphatic imine (C=N–C) groups is 1. The highest BCUT2D eigenvalue weighted by atomic mass is 16.5. The van der Waals surface area contributed by atoms with Crippen molar-refractivity contribution in [2.24, 2.45) is 10.4 Å². The molecule has 1 aromatic rings. The van der Waals surface area contributed by atoms with Gasteiger partial charge in [0.1, 0.15) is 5.76 Å². The Morgan fingerprint density at radius 2 is 1.80 bits per heavy atom. The second-order valence-corrected chi connectivity index (χ2v) is 6.20. The number of ether oxygens (including phenoxy) is 1. The van der Waals surface area contributed by atoms with Crippen LogP contribution in [-0.4, -0.2) is 5.90 Å². The summed E-state index contributed by atoms with van der Waals surface area (Å²) in [5.41, 5.74) is 3.32. The molecule has 0 bridgehead atoms. The van der Waals surface area contributed by atoms with Crippen LogP contribution in [0.15, 0.2) is 35.0 Å². The Labute approximate surface area is 122 Å². The van der Waals surface area contributed by atoms with E-state index in [1.54, 1.807) is 0 Å². The summed E-state index contributed by atoms with van der Waals surface area (Å²) >= 11 is 0. The topological polar surface area (TPSA) is 21.6 Å². The minimum Gasteiger partial charge on any atom is -0.447 e. The molecule has 0 aromatic heterocycles. The standard InChI is InChI=1S/C18H25NO/c1-6-7-11-15-12-18(4,5)17(20-15)19-16-13(2)9-8-10-14(16)3/h8-10,12H,6-7,11H2,1-5H3. The molecular weight excluding hydrogens is 246 g/mol. The average molecular weight is 271 g/mol. The van der Waals surface area contributed by atoms with Crippen LogP contribution in [0.1, 0.15) is 51.2 Å². The molecule has 0 N–H and O–H groups in total. The Morgan fingerprint density at radius 1 is 1.15 bits per heavy atom. The van der Waals surface area contributed by atoms with E-state index >= 15 is 0 Å². The molecule has 1 aliphatic heterocycles. The number of hydrogen-bond donors (Lipinski definition) is 0. The minimum absolute atomic E-state index is 0.113. The summed E-state index contributed by atoms with van der Waals surface area (Å²) in [4.78, 5) is 4.81. The van der Waals surface area contributed by atoms with Gasteiger partial charge in [-0.05, 0) is 51.3 Å². The highest BCUT2D eigenvalue weighted by Gasteiger charge is 2.32. The fourth-order valence-corrected chi connectivity index (χ4v) is 2.47. The van der Waals surface area contributed by atoms with Crippen molar-refractivity contribution in [1.82, 2.24) is 0 Å². The molecule has 0 spiro atoms. The van der Waals surface area contributed by atoms with E-state index in [0.29, 0.717) is 0 Å². The molecule has 0 aliphatic carbocycles. The van der Waals surface area contributed by atoms with Crippen molar-refractivity contribution in [2.45, 2.75) is 53.9 Å². The molecule has 20 heavy (non-hydrogen) atoms. The van der Waals surface area contributed by atoms with Crippen molar-refractivity contribution in [3.63, 3.8) is 0 Å². The molecule has 1 heterocycles. The van der Waals surface area contributed by atoms with Gasteiger partial charge in [-0.15, -0.1) is 0 Å². The molecule has 0 unspecified atom stereocenters. The van der Waals surface area contributed by atoms with Gasteiger partial charge in [0.15, 0.2) is 0 Å². The van der Waals surface area contributed by atoms with Crippen molar-refractivity contribution in [1.29, 1.82) is 0 Å². The Kier molecular flexibility index (Phi) is 4.32. The van der Waals surface area contributed by atoms with Gasteiger partial charge in [-0.1, -0.05) is 31.5 Å². The zero-order chi connectivity index (χ0) is 14.8. The molecule has 0 saturated heterocycles. The number of aryl methyl sites for hydroxylation is 2. The van der Waals surface area contributed by atoms with E-state index in [1.807, 2.05) is 0 Å². The van der Waals surface area contributed by atoms with Gasteiger partial charge in [-0.3, -0.25) is 0 Å². The maximum atomic E-state index is 6.00. The lowest BCUT2D eigenvalue weighted by molar-refractivity contribution is 0.384. The van der Waals surface area contributed by atoms with E-state index in [1.165, 1.54) is 24.0 Å². The smallest absolute Gasteiger partial charge is 0.204 e. The summed E-state index contributed by atoms with van der Waals surface area (Å²) in [6.07, 6.45) is 5.57. The first-order chi connectivity index (χ1) is 9.44. The molecule has 0 fully saturated rings. The van der Waals surface area contributed by atoms with Crippen molar-refractivity contribution in [3.8, 4) is 0 Å². The monoisotopic (exact) mass is 271 g/mol. The second-order valence-electron chi connectivity index (χ2n) is 6.20. The molecule has 0 saturated carbocycles. The fraction of sp³-hybridized carbons (Fsp3) is 0.500. The molecule has 1 aliphatic rings. The van der Waals surface area contributed by atoms with Crippen molar-refractivity contribution in [2.75, 3.05) is 0 Å². The van der Waals surface area contributed by atoms with Crippen molar-refractivity contribution in [3.05, 3.63) is 41.2 Å². The van der Waals surface area contributed by atoms with E-state index in [4.69, 9.17) is 9.73 Å². The van der Waals surface area contributed by atoms with Gasteiger partial charge in [0.25, 0.3) is 0 Å². The zero-order valence-electron chi connectivity index (χ0n) is 13.3. The van der Waals surface area contributed by atoms with Crippen LogP contribution in [0.25, 0.3) is 0 Å². The van der Waals surface area contributed by atoms with Crippen molar-refractivity contribution < 1.29 is 4.74 Å². The second kappa shape index (κ2) is 5.82. The maximum absolute atomic E-state index is 6.00. The van der Waals surface area contributed by atoms with Crippen LogP contribution < -0.4 is 0 Å². The van der Waals surface area contributed by atoms with Crippen LogP contribution >= 0.6 is 0 Å². The van der Waals surface area contributed by atoms with Crippen LogP contribution in [0.2, 0.25) is 0 Å². The van der Waals surface area contributed by atoms with E-state index in [2.05, 4.69) is 58.9 Å². The largest absolute Gasteiger partial charge is 0.447 e. The molecule has 2 heteroatoms. The van der Waals surface area contributed by atoms with E-state index in [9.17, 15) is 0 Å². The van der Waals surface area contributed by atoms with Crippen LogP contribution in [0.5, 0.6) is 0 Å². The van der Waals surface area contributed by atoms with Gasteiger partial charge in [0.2, 0.25) is 5.90 Å². The summed E-state index contributed by atoms with van der Waals surface area (Å²) in [5.74, 6) is 1.89. The minimum atomic E-state index is -0.113.